The standard InChI is InChI=1S/C24H24ClFN2O3/c1-3-27(4-2)11-6-12-28-21(15-7-5-8-17(26)13-15)20-22(29)18-14-16(25)9-10-19(18)31-23(20)24(28)30/h5,7-10,13-14,21H,3-4,6,11-12H2,1-2H3/t21-/m0/s1. The largest absolute Gasteiger partial charge is 0.450 e. The summed E-state index contributed by atoms with van der Waals surface area (Å²) >= 11 is 6.09. The van der Waals surface area contributed by atoms with Gasteiger partial charge in [-0.3, -0.25) is 9.59 Å². The van der Waals surface area contributed by atoms with Crippen LogP contribution >= 0.6 is 11.6 Å². The van der Waals surface area contributed by atoms with Crippen LogP contribution in [0.3, 0.4) is 0 Å². The summed E-state index contributed by atoms with van der Waals surface area (Å²) in [7, 11) is 0. The maximum Gasteiger partial charge on any atom is 0.290 e. The molecule has 1 aromatic heterocycles. The molecule has 0 unspecified atom stereocenters. The molecule has 0 radical (unpaired) electrons. The Morgan fingerprint density at radius 1 is 1.13 bits per heavy atom. The number of amides is 1. The summed E-state index contributed by atoms with van der Waals surface area (Å²) in [5, 5.41) is 0.716. The molecule has 0 fully saturated rings. The lowest BCUT2D eigenvalue weighted by Crippen LogP contribution is -2.33. The Kier molecular flexibility index (Phi) is 6.12. The van der Waals surface area contributed by atoms with E-state index in [1.54, 1.807) is 35.2 Å². The van der Waals surface area contributed by atoms with Crippen molar-refractivity contribution in [1.29, 1.82) is 0 Å². The molecule has 0 saturated heterocycles. The Morgan fingerprint density at radius 3 is 2.61 bits per heavy atom. The third-order valence-corrected chi connectivity index (χ3v) is 6.10. The van der Waals surface area contributed by atoms with Gasteiger partial charge in [-0.05, 0) is 62.0 Å². The summed E-state index contributed by atoms with van der Waals surface area (Å²) < 4.78 is 19.9. The number of rotatable bonds is 7. The minimum atomic E-state index is -0.700. The van der Waals surface area contributed by atoms with Crippen LogP contribution in [0.5, 0.6) is 0 Å². The van der Waals surface area contributed by atoms with Gasteiger partial charge in [0.25, 0.3) is 5.91 Å². The van der Waals surface area contributed by atoms with E-state index in [-0.39, 0.29) is 22.7 Å². The zero-order valence-electron chi connectivity index (χ0n) is 17.5. The van der Waals surface area contributed by atoms with Gasteiger partial charge in [0.1, 0.15) is 11.4 Å². The first-order chi connectivity index (χ1) is 14.9. The molecule has 0 bridgehead atoms. The van der Waals surface area contributed by atoms with Crippen molar-refractivity contribution >= 4 is 28.5 Å². The first-order valence-corrected chi connectivity index (χ1v) is 10.9. The number of hydrogen-bond acceptors (Lipinski definition) is 4. The number of halogens is 2. The third-order valence-electron chi connectivity index (χ3n) is 5.86. The highest BCUT2D eigenvalue weighted by Gasteiger charge is 2.42. The highest BCUT2D eigenvalue weighted by Crippen LogP contribution is 2.38. The van der Waals surface area contributed by atoms with Crippen LogP contribution in [0.15, 0.2) is 51.7 Å². The van der Waals surface area contributed by atoms with Gasteiger partial charge in [0.05, 0.1) is 17.0 Å². The van der Waals surface area contributed by atoms with E-state index in [1.165, 1.54) is 12.1 Å². The van der Waals surface area contributed by atoms with Crippen LogP contribution < -0.4 is 5.43 Å². The van der Waals surface area contributed by atoms with Crippen molar-refractivity contribution in [3.8, 4) is 0 Å². The fraction of sp³-hybridized carbons (Fsp3) is 0.333. The van der Waals surface area contributed by atoms with Crippen molar-refractivity contribution in [1.82, 2.24) is 9.80 Å². The monoisotopic (exact) mass is 442 g/mol. The van der Waals surface area contributed by atoms with E-state index in [9.17, 15) is 14.0 Å². The van der Waals surface area contributed by atoms with E-state index in [2.05, 4.69) is 18.7 Å². The van der Waals surface area contributed by atoms with Gasteiger partial charge in [0.15, 0.2) is 5.43 Å². The smallest absolute Gasteiger partial charge is 0.290 e. The Morgan fingerprint density at radius 2 is 1.90 bits per heavy atom. The van der Waals surface area contributed by atoms with Crippen molar-refractivity contribution in [2.45, 2.75) is 26.3 Å². The Labute approximate surface area is 185 Å². The first-order valence-electron chi connectivity index (χ1n) is 10.5. The molecular formula is C24H24ClFN2O3. The predicted octanol–water partition coefficient (Wildman–Crippen LogP) is 4.86. The van der Waals surface area contributed by atoms with E-state index >= 15 is 0 Å². The lowest BCUT2D eigenvalue weighted by atomic mass is 9.98. The van der Waals surface area contributed by atoms with Crippen LogP contribution in [0, 0.1) is 5.82 Å². The fourth-order valence-corrected chi connectivity index (χ4v) is 4.42. The van der Waals surface area contributed by atoms with Gasteiger partial charge >= 0.3 is 0 Å². The normalized spacial score (nSPS) is 15.8. The molecule has 1 atom stereocenters. The van der Waals surface area contributed by atoms with Gasteiger partial charge in [0.2, 0.25) is 5.76 Å². The maximum atomic E-state index is 14.0. The average Bonchev–Trinajstić information content (AvgIpc) is 3.04. The third kappa shape index (κ3) is 3.98. The minimum absolute atomic E-state index is 0.0249. The van der Waals surface area contributed by atoms with E-state index in [0.717, 1.165) is 26.1 Å². The summed E-state index contributed by atoms with van der Waals surface area (Å²) in [5.41, 5.74) is 0.786. The number of carbonyl (C=O) groups excluding carboxylic acids is 1. The fourth-order valence-electron chi connectivity index (χ4n) is 4.25. The maximum absolute atomic E-state index is 14.0. The van der Waals surface area contributed by atoms with Crippen LogP contribution in [-0.2, 0) is 0 Å². The second-order valence-corrected chi connectivity index (χ2v) is 8.09. The summed E-state index contributed by atoms with van der Waals surface area (Å²) in [6.07, 6.45) is 0.729. The summed E-state index contributed by atoms with van der Waals surface area (Å²) in [4.78, 5) is 30.6. The van der Waals surface area contributed by atoms with Crippen molar-refractivity contribution in [2.75, 3.05) is 26.2 Å². The summed E-state index contributed by atoms with van der Waals surface area (Å²) in [5.74, 6) is -0.746. The quantitative estimate of drug-likeness (QED) is 0.524. The van der Waals surface area contributed by atoms with Crippen LogP contribution in [0.4, 0.5) is 4.39 Å². The van der Waals surface area contributed by atoms with Crippen molar-refractivity contribution in [2.24, 2.45) is 0 Å². The SMILES string of the molecule is CCN(CC)CCCN1C(=O)c2oc3ccc(Cl)cc3c(=O)c2[C@@H]1c1cccc(F)c1. The van der Waals surface area contributed by atoms with Gasteiger partial charge in [-0.1, -0.05) is 37.6 Å². The second-order valence-electron chi connectivity index (χ2n) is 7.65. The summed E-state index contributed by atoms with van der Waals surface area (Å²) in [6.45, 7) is 7.28. The number of nitrogens with zero attached hydrogens (tertiary/aromatic N) is 2. The molecular weight excluding hydrogens is 419 g/mol. The van der Waals surface area contributed by atoms with Crippen LogP contribution in [-0.4, -0.2) is 41.9 Å². The van der Waals surface area contributed by atoms with E-state index in [0.29, 0.717) is 28.1 Å². The summed E-state index contributed by atoms with van der Waals surface area (Å²) in [6, 6.07) is 10.1. The lowest BCUT2D eigenvalue weighted by Gasteiger charge is -2.26. The number of fused-ring (bicyclic) bond motifs is 2. The molecule has 2 heterocycles. The van der Waals surface area contributed by atoms with Gasteiger partial charge < -0.3 is 14.2 Å². The molecule has 7 heteroatoms. The Hall–Kier alpha value is -2.70. The van der Waals surface area contributed by atoms with Crippen molar-refractivity contribution in [3.63, 3.8) is 0 Å². The zero-order valence-corrected chi connectivity index (χ0v) is 18.3. The van der Waals surface area contributed by atoms with Gasteiger partial charge in [-0.25, -0.2) is 4.39 Å². The molecule has 162 valence electrons. The van der Waals surface area contributed by atoms with E-state index < -0.39 is 11.9 Å². The number of carbonyl (C=O) groups is 1. The molecule has 31 heavy (non-hydrogen) atoms. The zero-order chi connectivity index (χ0) is 22.1. The van der Waals surface area contributed by atoms with Crippen LogP contribution in [0.1, 0.15) is 48.0 Å². The minimum Gasteiger partial charge on any atom is -0.450 e. The van der Waals surface area contributed by atoms with Crippen LogP contribution in [0.2, 0.25) is 5.02 Å². The van der Waals surface area contributed by atoms with E-state index in [4.69, 9.17) is 16.0 Å². The molecule has 0 spiro atoms. The molecule has 0 saturated carbocycles. The molecule has 2 aromatic carbocycles. The topological polar surface area (TPSA) is 53.8 Å². The average molecular weight is 443 g/mol. The molecule has 1 aliphatic heterocycles. The first kappa shape index (κ1) is 21.5. The molecule has 4 rings (SSSR count). The van der Waals surface area contributed by atoms with Gasteiger partial charge in [-0.2, -0.15) is 0 Å². The Bertz CT molecular complexity index is 1190. The molecule has 0 aliphatic carbocycles. The predicted molar refractivity (Wildman–Crippen MR) is 119 cm³/mol. The van der Waals surface area contributed by atoms with Crippen molar-refractivity contribution in [3.05, 3.63) is 80.4 Å². The Balaban J connectivity index is 1.81. The number of hydrogen-bond donors (Lipinski definition) is 0. The van der Waals surface area contributed by atoms with E-state index in [1.807, 2.05) is 0 Å². The highest BCUT2D eigenvalue weighted by molar-refractivity contribution is 6.31. The van der Waals surface area contributed by atoms with Crippen molar-refractivity contribution < 1.29 is 13.6 Å². The highest BCUT2D eigenvalue weighted by atomic mass is 35.5. The van der Waals surface area contributed by atoms with Crippen LogP contribution in [0.25, 0.3) is 11.0 Å². The van der Waals surface area contributed by atoms with Gasteiger partial charge in [0, 0.05) is 11.6 Å². The van der Waals surface area contributed by atoms with Gasteiger partial charge in [-0.15, -0.1) is 0 Å². The second kappa shape index (κ2) is 8.81. The lowest BCUT2D eigenvalue weighted by molar-refractivity contribution is 0.0720. The molecule has 3 aromatic rings. The molecule has 1 aliphatic rings. The number of benzene rings is 2. The molecule has 0 N–H and O–H groups in total. The molecule has 5 nitrogen and oxygen atoms in total. The molecule has 1 amide bonds.